The number of aromatic hydroxyl groups is 2. The van der Waals surface area contributed by atoms with Crippen LogP contribution < -0.4 is 11.5 Å². The molecule has 2 aromatic rings. The molecular formula is C18H20N2O6. The van der Waals surface area contributed by atoms with Crippen LogP contribution in [-0.4, -0.2) is 44.4 Å². The molecule has 26 heavy (non-hydrogen) atoms. The molecule has 0 aliphatic rings. The smallest absolute Gasteiger partial charge is 0.320 e. The van der Waals surface area contributed by atoms with E-state index in [9.17, 15) is 19.8 Å². The standard InChI is InChI=1S/C18H20N2O6/c19-13(17(23)24)7-9-1-3-15(21)11(5-9)12-6-10(2-4-16(12)22)8-14(20)18(25)26/h1-6,13-14,21-22H,7-8,19-20H2,(H,23,24)(H,25,26)/t13-,14+. The topological polar surface area (TPSA) is 167 Å². The molecule has 0 spiro atoms. The summed E-state index contributed by atoms with van der Waals surface area (Å²) in [5.41, 5.74) is 12.8. The van der Waals surface area contributed by atoms with Crippen LogP contribution in [0.15, 0.2) is 36.4 Å². The lowest BCUT2D eigenvalue weighted by atomic mass is 9.95. The maximum atomic E-state index is 10.9. The molecule has 0 amide bonds. The van der Waals surface area contributed by atoms with Crippen molar-refractivity contribution in [1.82, 2.24) is 0 Å². The van der Waals surface area contributed by atoms with Crippen LogP contribution in [0.3, 0.4) is 0 Å². The Bertz CT molecular complexity index is 767. The summed E-state index contributed by atoms with van der Waals surface area (Å²) in [5.74, 6) is -2.53. The number of rotatable bonds is 7. The fourth-order valence-electron chi connectivity index (χ4n) is 2.53. The highest BCUT2D eigenvalue weighted by molar-refractivity contribution is 5.78. The molecule has 0 aliphatic heterocycles. The highest BCUT2D eigenvalue weighted by atomic mass is 16.4. The number of hydrogen-bond acceptors (Lipinski definition) is 6. The number of carboxylic acid groups (broad SMARTS) is 2. The zero-order chi connectivity index (χ0) is 19.4. The number of nitrogens with two attached hydrogens (primary N) is 2. The summed E-state index contributed by atoms with van der Waals surface area (Å²) < 4.78 is 0. The highest BCUT2D eigenvalue weighted by Gasteiger charge is 2.17. The zero-order valence-corrected chi connectivity index (χ0v) is 13.8. The van der Waals surface area contributed by atoms with Crippen LogP contribution in [0, 0.1) is 0 Å². The first-order valence-electron chi connectivity index (χ1n) is 7.80. The van der Waals surface area contributed by atoms with Gasteiger partial charge in [0.05, 0.1) is 0 Å². The first-order chi connectivity index (χ1) is 12.2. The van der Waals surface area contributed by atoms with Crippen molar-refractivity contribution < 1.29 is 30.0 Å². The Labute approximate surface area is 149 Å². The van der Waals surface area contributed by atoms with Crippen molar-refractivity contribution in [3.63, 3.8) is 0 Å². The summed E-state index contributed by atoms with van der Waals surface area (Å²) in [6, 6.07) is 6.73. The van der Waals surface area contributed by atoms with Gasteiger partial charge in [-0.1, -0.05) is 12.1 Å². The molecule has 0 bridgehead atoms. The monoisotopic (exact) mass is 360 g/mol. The van der Waals surface area contributed by atoms with Gasteiger partial charge in [0.1, 0.15) is 23.6 Å². The molecule has 2 atom stereocenters. The summed E-state index contributed by atoms with van der Waals surface area (Å²) in [4.78, 5) is 21.8. The van der Waals surface area contributed by atoms with Gasteiger partial charge in [0, 0.05) is 11.1 Å². The van der Waals surface area contributed by atoms with Crippen molar-refractivity contribution in [2.75, 3.05) is 0 Å². The number of hydrogen-bond donors (Lipinski definition) is 6. The summed E-state index contributed by atoms with van der Waals surface area (Å²) in [7, 11) is 0. The van der Waals surface area contributed by atoms with Crippen LogP contribution >= 0.6 is 0 Å². The Morgan fingerprint density at radius 2 is 1.12 bits per heavy atom. The number of phenolic OH excluding ortho intramolecular Hbond substituents is 2. The van der Waals surface area contributed by atoms with Gasteiger partial charge in [-0.25, -0.2) is 0 Å². The summed E-state index contributed by atoms with van der Waals surface area (Å²) in [5, 5.41) is 38.1. The average Bonchev–Trinajstić information content (AvgIpc) is 2.58. The third-order valence-electron chi connectivity index (χ3n) is 3.96. The zero-order valence-electron chi connectivity index (χ0n) is 13.8. The molecule has 0 radical (unpaired) electrons. The second-order valence-corrected chi connectivity index (χ2v) is 6.00. The first-order valence-corrected chi connectivity index (χ1v) is 7.80. The van der Waals surface area contributed by atoms with Crippen LogP contribution in [0.1, 0.15) is 11.1 Å². The van der Waals surface area contributed by atoms with Crippen LogP contribution in [0.25, 0.3) is 11.1 Å². The minimum atomic E-state index is -1.15. The number of carboxylic acids is 2. The largest absolute Gasteiger partial charge is 0.507 e. The maximum Gasteiger partial charge on any atom is 0.320 e. The van der Waals surface area contributed by atoms with Crippen LogP contribution in [0.5, 0.6) is 11.5 Å². The van der Waals surface area contributed by atoms with Gasteiger partial charge in [0.15, 0.2) is 0 Å². The number of aliphatic carboxylic acids is 2. The van der Waals surface area contributed by atoms with E-state index in [0.717, 1.165) is 0 Å². The second kappa shape index (κ2) is 7.85. The van der Waals surface area contributed by atoms with Gasteiger partial charge in [-0.05, 0) is 48.2 Å². The summed E-state index contributed by atoms with van der Waals surface area (Å²) in [6.45, 7) is 0. The molecule has 0 aromatic heterocycles. The average molecular weight is 360 g/mol. The molecule has 0 saturated heterocycles. The summed E-state index contributed by atoms with van der Waals surface area (Å²) >= 11 is 0. The Morgan fingerprint density at radius 1 is 0.769 bits per heavy atom. The molecule has 0 heterocycles. The molecule has 0 aliphatic carbocycles. The van der Waals surface area contributed by atoms with Crippen molar-refractivity contribution >= 4 is 11.9 Å². The number of phenols is 2. The molecule has 2 rings (SSSR count). The van der Waals surface area contributed by atoms with Gasteiger partial charge in [-0.3, -0.25) is 9.59 Å². The van der Waals surface area contributed by atoms with Gasteiger partial charge in [-0.15, -0.1) is 0 Å². The quantitative estimate of drug-likeness (QED) is 0.419. The minimum Gasteiger partial charge on any atom is -0.507 e. The molecular weight excluding hydrogens is 340 g/mol. The first kappa shape index (κ1) is 19.2. The molecule has 8 N–H and O–H groups in total. The lowest BCUT2D eigenvalue weighted by molar-refractivity contribution is -0.139. The SMILES string of the molecule is N[C@H](Cc1ccc(O)c(-c2cc(C[C@H](N)C(=O)O)ccc2O)c1)C(=O)O. The Morgan fingerprint density at radius 3 is 1.42 bits per heavy atom. The molecule has 0 fully saturated rings. The van der Waals surface area contributed by atoms with E-state index in [1.807, 2.05) is 0 Å². The normalized spacial score (nSPS) is 13.2. The molecule has 138 valence electrons. The fourth-order valence-corrected chi connectivity index (χ4v) is 2.53. The Hall–Kier alpha value is -3.10. The highest BCUT2D eigenvalue weighted by Crippen LogP contribution is 2.37. The lowest BCUT2D eigenvalue weighted by Gasteiger charge is -2.13. The molecule has 2 aromatic carbocycles. The Kier molecular flexibility index (Phi) is 5.81. The van der Waals surface area contributed by atoms with Crippen LogP contribution in [0.2, 0.25) is 0 Å². The van der Waals surface area contributed by atoms with E-state index in [1.165, 1.54) is 24.3 Å². The maximum absolute atomic E-state index is 10.9. The van der Waals surface area contributed by atoms with E-state index in [4.69, 9.17) is 21.7 Å². The van der Waals surface area contributed by atoms with Crippen molar-refractivity contribution in [1.29, 1.82) is 0 Å². The van der Waals surface area contributed by atoms with E-state index in [1.54, 1.807) is 12.1 Å². The summed E-state index contributed by atoms with van der Waals surface area (Å²) in [6.07, 6.45) is 0.0971. The van der Waals surface area contributed by atoms with E-state index >= 15 is 0 Å². The third-order valence-corrected chi connectivity index (χ3v) is 3.96. The van der Waals surface area contributed by atoms with Gasteiger partial charge in [-0.2, -0.15) is 0 Å². The minimum absolute atomic E-state index is 0.0486. The number of benzene rings is 2. The van der Waals surface area contributed by atoms with Gasteiger partial charge < -0.3 is 31.9 Å². The van der Waals surface area contributed by atoms with Crippen molar-refractivity contribution in [2.45, 2.75) is 24.9 Å². The van der Waals surface area contributed by atoms with Gasteiger partial charge >= 0.3 is 11.9 Å². The molecule has 0 unspecified atom stereocenters. The molecule has 8 heteroatoms. The Balaban J connectivity index is 2.40. The van der Waals surface area contributed by atoms with Gasteiger partial charge in [0.2, 0.25) is 0 Å². The van der Waals surface area contributed by atoms with Crippen molar-refractivity contribution in [3.05, 3.63) is 47.5 Å². The second-order valence-electron chi connectivity index (χ2n) is 6.00. The van der Waals surface area contributed by atoms with E-state index in [0.29, 0.717) is 11.1 Å². The van der Waals surface area contributed by atoms with Crippen molar-refractivity contribution in [2.24, 2.45) is 11.5 Å². The lowest BCUT2D eigenvalue weighted by Crippen LogP contribution is -2.32. The fraction of sp³-hybridized carbons (Fsp3) is 0.222. The van der Waals surface area contributed by atoms with Crippen molar-refractivity contribution in [3.8, 4) is 22.6 Å². The molecule has 8 nitrogen and oxygen atoms in total. The number of carbonyl (C=O) groups is 2. The third kappa shape index (κ3) is 4.50. The van der Waals surface area contributed by atoms with E-state index < -0.39 is 24.0 Å². The van der Waals surface area contributed by atoms with E-state index in [-0.39, 0.29) is 35.5 Å². The predicted octanol–water partition coefficient (Wildman–Crippen LogP) is 0.674. The van der Waals surface area contributed by atoms with Crippen LogP contribution in [0.4, 0.5) is 0 Å². The molecule has 0 saturated carbocycles. The van der Waals surface area contributed by atoms with E-state index in [2.05, 4.69) is 0 Å². The predicted molar refractivity (Wildman–Crippen MR) is 93.8 cm³/mol. The van der Waals surface area contributed by atoms with Gasteiger partial charge in [0.25, 0.3) is 0 Å². The van der Waals surface area contributed by atoms with Crippen LogP contribution in [-0.2, 0) is 22.4 Å².